The van der Waals surface area contributed by atoms with Crippen LogP contribution in [-0.4, -0.2) is 0 Å². The van der Waals surface area contributed by atoms with Gasteiger partial charge in [0.1, 0.15) is 0 Å². The predicted molar refractivity (Wildman–Crippen MR) is 52.2 cm³/mol. The van der Waals surface area contributed by atoms with Crippen molar-refractivity contribution >= 4 is 0 Å². The first-order valence-corrected chi connectivity index (χ1v) is 4.75. The lowest BCUT2D eigenvalue weighted by Crippen LogP contribution is -2.02. The second-order valence-corrected chi connectivity index (χ2v) is 3.66. The molecule has 2 N–H and O–H groups in total. The van der Waals surface area contributed by atoms with Gasteiger partial charge in [-0.3, -0.25) is 4.84 Å². The Kier molecular flexibility index (Phi) is 2.34. The van der Waals surface area contributed by atoms with Crippen molar-refractivity contribution in [1.29, 1.82) is 0 Å². The van der Waals surface area contributed by atoms with Crippen LogP contribution in [0.5, 0.6) is 0 Å². The molecule has 0 aliphatic heterocycles. The SMILES string of the molecule is Cc1ccc(CON)c2c1CCC2. The minimum Gasteiger partial charge on any atom is -0.300 e. The molecule has 13 heavy (non-hydrogen) atoms. The molecule has 1 aliphatic carbocycles. The zero-order valence-corrected chi connectivity index (χ0v) is 7.97. The van der Waals surface area contributed by atoms with Crippen molar-refractivity contribution < 1.29 is 4.84 Å². The third kappa shape index (κ3) is 1.47. The smallest absolute Gasteiger partial charge is 0.0932 e. The van der Waals surface area contributed by atoms with E-state index in [1.165, 1.54) is 41.5 Å². The second-order valence-electron chi connectivity index (χ2n) is 3.66. The molecule has 0 heterocycles. The molecule has 70 valence electrons. The van der Waals surface area contributed by atoms with Crippen LogP contribution in [0.25, 0.3) is 0 Å². The molecular formula is C11H15NO. The van der Waals surface area contributed by atoms with Crippen molar-refractivity contribution in [1.82, 2.24) is 0 Å². The van der Waals surface area contributed by atoms with E-state index in [2.05, 4.69) is 19.1 Å². The number of fused-ring (bicyclic) bond motifs is 1. The van der Waals surface area contributed by atoms with Crippen LogP contribution >= 0.6 is 0 Å². The van der Waals surface area contributed by atoms with Gasteiger partial charge in [-0.05, 0) is 48.4 Å². The molecule has 0 bridgehead atoms. The highest BCUT2D eigenvalue weighted by molar-refractivity contribution is 5.43. The van der Waals surface area contributed by atoms with Gasteiger partial charge < -0.3 is 0 Å². The minimum absolute atomic E-state index is 0.544. The number of rotatable bonds is 2. The molecule has 0 spiro atoms. The van der Waals surface area contributed by atoms with Gasteiger partial charge in [0.25, 0.3) is 0 Å². The maximum atomic E-state index is 5.09. The Morgan fingerprint density at radius 3 is 2.85 bits per heavy atom. The number of hydrogen-bond acceptors (Lipinski definition) is 2. The average Bonchev–Trinajstić information content (AvgIpc) is 2.59. The van der Waals surface area contributed by atoms with Crippen molar-refractivity contribution in [2.75, 3.05) is 0 Å². The van der Waals surface area contributed by atoms with Gasteiger partial charge in [0.05, 0.1) is 6.61 Å². The molecule has 2 rings (SSSR count). The topological polar surface area (TPSA) is 35.2 Å². The molecular weight excluding hydrogens is 162 g/mol. The van der Waals surface area contributed by atoms with Crippen LogP contribution in [0.1, 0.15) is 28.7 Å². The van der Waals surface area contributed by atoms with E-state index >= 15 is 0 Å². The van der Waals surface area contributed by atoms with Crippen LogP contribution < -0.4 is 5.90 Å². The summed E-state index contributed by atoms with van der Waals surface area (Å²) < 4.78 is 0. The van der Waals surface area contributed by atoms with Gasteiger partial charge in [0, 0.05) is 0 Å². The lowest BCUT2D eigenvalue weighted by atomic mass is 9.99. The van der Waals surface area contributed by atoms with Gasteiger partial charge in [0.2, 0.25) is 0 Å². The van der Waals surface area contributed by atoms with Gasteiger partial charge >= 0.3 is 0 Å². The van der Waals surface area contributed by atoms with Crippen LogP contribution in [0.3, 0.4) is 0 Å². The molecule has 1 aromatic rings. The standard InChI is InChI=1S/C11H15NO/c1-8-5-6-9(7-13-12)11-4-2-3-10(8)11/h5-6H,2-4,7,12H2,1H3. The fraction of sp³-hybridized carbons (Fsp3) is 0.455. The normalized spacial score (nSPS) is 14.6. The first kappa shape index (κ1) is 8.73. The predicted octanol–water partition coefficient (Wildman–Crippen LogP) is 1.87. The number of benzene rings is 1. The Hall–Kier alpha value is -0.860. The van der Waals surface area contributed by atoms with E-state index in [4.69, 9.17) is 10.7 Å². The highest BCUT2D eigenvalue weighted by Gasteiger charge is 2.16. The van der Waals surface area contributed by atoms with E-state index < -0.39 is 0 Å². The summed E-state index contributed by atoms with van der Waals surface area (Å²) in [6.07, 6.45) is 3.69. The van der Waals surface area contributed by atoms with Crippen molar-refractivity contribution in [3.63, 3.8) is 0 Å². The van der Waals surface area contributed by atoms with E-state index in [1.54, 1.807) is 0 Å². The third-order valence-corrected chi connectivity index (χ3v) is 2.85. The summed E-state index contributed by atoms with van der Waals surface area (Å²) in [7, 11) is 0. The summed E-state index contributed by atoms with van der Waals surface area (Å²) >= 11 is 0. The number of hydrogen-bond donors (Lipinski definition) is 1. The Labute approximate surface area is 78.7 Å². The van der Waals surface area contributed by atoms with Gasteiger partial charge in [-0.25, -0.2) is 5.90 Å². The van der Waals surface area contributed by atoms with E-state index in [0.717, 1.165) is 0 Å². The van der Waals surface area contributed by atoms with Gasteiger partial charge in [0.15, 0.2) is 0 Å². The monoisotopic (exact) mass is 177 g/mol. The lowest BCUT2D eigenvalue weighted by Gasteiger charge is -2.09. The Morgan fingerprint density at radius 2 is 2.08 bits per heavy atom. The summed E-state index contributed by atoms with van der Waals surface area (Å²) in [5.41, 5.74) is 5.67. The van der Waals surface area contributed by atoms with Crippen LogP contribution in [0.2, 0.25) is 0 Å². The number of aryl methyl sites for hydroxylation is 1. The van der Waals surface area contributed by atoms with Crippen molar-refractivity contribution in [3.8, 4) is 0 Å². The molecule has 0 saturated carbocycles. The highest BCUT2D eigenvalue weighted by Crippen LogP contribution is 2.28. The molecule has 0 unspecified atom stereocenters. The molecule has 0 amide bonds. The average molecular weight is 177 g/mol. The van der Waals surface area contributed by atoms with Crippen LogP contribution in [-0.2, 0) is 24.3 Å². The Balaban J connectivity index is 2.43. The van der Waals surface area contributed by atoms with Crippen molar-refractivity contribution in [2.45, 2.75) is 32.8 Å². The minimum atomic E-state index is 0.544. The largest absolute Gasteiger partial charge is 0.300 e. The lowest BCUT2D eigenvalue weighted by molar-refractivity contribution is 0.123. The maximum Gasteiger partial charge on any atom is 0.0932 e. The first-order valence-electron chi connectivity index (χ1n) is 4.75. The molecule has 2 heteroatoms. The van der Waals surface area contributed by atoms with E-state index in [-0.39, 0.29) is 0 Å². The Bertz CT molecular complexity index is 320. The fourth-order valence-corrected chi connectivity index (χ4v) is 2.19. The Morgan fingerprint density at radius 1 is 1.31 bits per heavy atom. The molecule has 0 saturated heterocycles. The van der Waals surface area contributed by atoms with Crippen LogP contribution in [0, 0.1) is 6.92 Å². The molecule has 1 aromatic carbocycles. The van der Waals surface area contributed by atoms with Gasteiger partial charge in [-0.2, -0.15) is 0 Å². The molecule has 0 fully saturated rings. The van der Waals surface area contributed by atoms with Crippen molar-refractivity contribution in [3.05, 3.63) is 34.4 Å². The van der Waals surface area contributed by atoms with Crippen molar-refractivity contribution in [2.24, 2.45) is 5.90 Å². The molecule has 0 radical (unpaired) electrons. The maximum absolute atomic E-state index is 5.09. The van der Waals surface area contributed by atoms with Crippen LogP contribution in [0.4, 0.5) is 0 Å². The molecule has 0 atom stereocenters. The summed E-state index contributed by atoms with van der Waals surface area (Å²) in [5, 5.41) is 0. The van der Waals surface area contributed by atoms with E-state index in [1.807, 2.05) is 0 Å². The summed E-state index contributed by atoms with van der Waals surface area (Å²) in [6.45, 7) is 2.72. The zero-order valence-electron chi connectivity index (χ0n) is 7.97. The third-order valence-electron chi connectivity index (χ3n) is 2.85. The summed E-state index contributed by atoms with van der Waals surface area (Å²) in [6, 6.07) is 4.30. The first-order chi connectivity index (χ1) is 6.33. The summed E-state index contributed by atoms with van der Waals surface area (Å²) in [5.74, 6) is 5.09. The second kappa shape index (κ2) is 3.48. The molecule has 1 aliphatic rings. The molecule has 2 nitrogen and oxygen atoms in total. The summed E-state index contributed by atoms with van der Waals surface area (Å²) in [4.78, 5) is 4.69. The quantitative estimate of drug-likeness (QED) is 0.700. The number of nitrogens with two attached hydrogens (primary N) is 1. The van der Waals surface area contributed by atoms with Gasteiger partial charge in [-0.1, -0.05) is 12.1 Å². The van der Waals surface area contributed by atoms with Crippen LogP contribution in [0.15, 0.2) is 12.1 Å². The van der Waals surface area contributed by atoms with E-state index in [9.17, 15) is 0 Å². The highest BCUT2D eigenvalue weighted by atomic mass is 16.6. The molecule has 0 aromatic heterocycles. The van der Waals surface area contributed by atoms with Gasteiger partial charge in [-0.15, -0.1) is 0 Å². The zero-order chi connectivity index (χ0) is 9.26. The van der Waals surface area contributed by atoms with E-state index in [0.29, 0.717) is 6.61 Å². The fourth-order valence-electron chi connectivity index (χ4n) is 2.19.